The number of benzene rings is 1. The van der Waals surface area contributed by atoms with Gasteiger partial charge in [-0.05, 0) is 51.2 Å². The van der Waals surface area contributed by atoms with Crippen molar-refractivity contribution in [1.29, 1.82) is 5.26 Å². The summed E-state index contributed by atoms with van der Waals surface area (Å²) in [7, 11) is -4.15. The number of alkyl halides is 3. The molecule has 0 unspecified atom stereocenters. The highest BCUT2D eigenvalue weighted by atomic mass is 35.5. The molecule has 0 spiro atoms. The highest BCUT2D eigenvalue weighted by Gasteiger charge is 2.50. The number of aromatic nitrogens is 2. The summed E-state index contributed by atoms with van der Waals surface area (Å²) in [6, 6.07) is 6.29. The van der Waals surface area contributed by atoms with E-state index < -0.39 is 45.4 Å². The number of sulfone groups is 1. The minimum absolute atomic E-state index is 0.000566. The molecule has 222 valence electrons. The molecule has 2 saturated heterocycles. The van der Waals surface area contributed by atoms with Crippen LogP contribution in [0.15, 0.2) is 29.2 Å². The molecule has 1 aliphatic carbocycles. The number of aryl methyl sites for hydroxylation is 1. The van der Waals surface area contributed by atoms with Crippen LogP contribution in [-0.4, -0.2) is 73.5 Å². The van der Waals surface area contributed by atoms with Crippen LogP contribution in [0.3, 0.4) is 0 Å². The predicted molar refractivity (Wildman–Crippen MR) is 142 cm³/mol. The molecule has 5 rings (SSSR count). The number of anilines is 1. The number of halogens is 4. The van der Waals surface area contributed by atoms with Crippen molar-refractivity contribution in [3.05, 3.63) is 35.0 Å². The highest BCUT2D eigenvalue weighted by molar-refractivity contribution is 7.92. The lowest BCUT2D eigenvalue weighted by Gasteiger charge is -2.30. The van der Waals surface area contributed by atoms with Gasteiger partial charge in [0.2, 0.25) is 5.91 Å². The molecule has 3 heterocycles. The average Bonchev–Trinajstić information content (AvgIpc) is 3.36. The molecule has 2 atom stereocenters. The van der Waals surface area contributed by atoms with Crippen molar-refractivity contribution in [3.63, 3.8) is 0 Å². The molecule has 1 saturated carbocycles. The summed E-state index contributed by atoms with van der Waals surface area (Å²) >= 11 is 6.24. The van der Waals surface area contributed by atoms with Crippen molar-refractivity contribution in [1.82, 2.24) is 15.1 Å². The van der Waals surface area contributed by atoms with E-state index in [2.05, 4.69) is 16.5 Å². The van der Waals surface area contributed by atoms with Crippen molar-refractivity contribution in [2.24, 2.45) is 0 Å². The van der Waals surface area contributed by atoms with Gasteiger partial charge >= 0.3 is 6.18 Å². The zero-order chi connectivity index (χ0) is 29.6. The Kier molecular flexibility index (Phi) is 7.90. The zero-order valence-corrected chi connectivity index (χ0v) is 23.7. The molecule has 1 N–H and O–H groups in total. The number of nitrogens with zero attached hydrogens (tertiary/aromatic N) is 4. The lowest BCUT2D eigenvalue weighted by molar-refractivity contribution is -0.153. The van der Waals surface area contributed by atoms with Crippen LogP contribution < -0.4 is 15.0 Å². The van der Waals surface area contributed by atoms with Crippen molar-refractivity contribution in [2.75, 3.05) is 31.3 Å². The second-order valence-corrected chi connectivity index (χ2v) is 13.3. The van der Waals surface area contributed by atoms with Gasteiger partial charge in [0, 0.05) is 31.9 Å². The van der Waals surface area contributed by atoms with E-state index in [0.29, 0.717) is 50.4 Å². The van der Waals surface area contributed by atoms with Crippen LogP contribution in [0.5, 0.6) is 5.75 Å². The van der Waals surface area contributed by atoms with Gasteiger partial charge in [0.1, 0.15) is 23.1 Å². The molecule has 41 heavy (non-hydrogen) atoms. The third-order valence-electron chi connectivity index (χ3n) is 7.61. The number of carbonyl (C=O) groups is 1. The fourth-order valence-electron chi connectivity index (χ4n) is 5.30. The fraction of sp³-hybridized carbons (Fsp3) is 0.577. The van der Waals surface area contributed by atoms with Gasteiger partial charge in [-0.3, -0.25) is 4.79 Å². The molecule has 0 bridgehead atoms. The Labute approximate surface area is 240 Å². The Balaban J connectivity index is 1.45. The number of ether oxygens (including phenoxy) is 2. The lowest BCUT2D eigenvalue weighted by Crippen LogP contribution is -2.48. The largest absolute Gasteiger partial charge is 0.484 e. The zero-order valence-electron chi connectivity index (χ0n) is 22.2. The summed E-state index contributed by atoms with van der Waals surface area (Å²) < 4.78 is 77.3. The lowest BCUT2D eigenvalue weighted by atomic mass is 10.1. The van der Waals surface area contributed by atoms with E-state index in [-0.39, 0.29) is 34.7 Å². The first-order valence-electron chi connectivity index (χ1n) is 13.2. The number of nitrogens with one attached hydrogen (secondary N) is 1. The third kappa shape index (κ3) is 6.27. The number of nitriles is 1. The molecule has 1 aromatic heterocycles. The molecule has 0 radical (unpaired) electrons. The molecule has 2 aromatic rings. The molecular formula is C26H29ClF3N5O5S. The molecule has 2 aliphatic heterocycles. The van der Waals surface area contributed by atoms with Crippen LogP contribution in [-0.2, 0) is 19.4 Å². The van der Waals surface area contributed by atoms with Gasteiger partial charge in [-0.1, -0.05) is 11.6 Å². The van der Waals surface area contributed by atoms with E-state index in [1.54, 1.807) is 4.90 Å². The maximum absolute atomic E-state index is 13.8. The molecule has 1 amide bonds. The standard InChI is InChI=1S/C26H29ClF3N5O5S/c1-16-10-23(35(33-16)17-4-8-39-9-5-17)34-13-19(12-21(34)24(36)32-25(14-31)6-7-25)41(37,38)22-3-2-18(11-20(22)27)40-15-26(28,29)30/h2-3,10-11,17,19,21H,4-9,12-13,15H2,1H3,(H,32,36)/t19-,21-/m1/s1. The van der Waals surface area contributed by atoms with E-state index in [9.17, 15) is 31.6 Å². The summed E-state index contributed by atoms with van der Waals surface area (Å²) in [6.07, 6.45) is -2.22. The molecular weight excluding hydrogens is 587 g/mol. The number of rotatable bonds is 8. The number of hydrogen-bond donors (Lipinski definition) is 1. The monoisotopic (exact) mass is 615 g/mol. The van der Waals surface area contributed by atoms with E-state index >= 15 is 0 Å². The quantitative estimate of drug-likeness (QED) is 0.476. The van der Waals surface area contributed by atoms with E-state index in [0.717, 1.165) is 18.2 Å². The van der Waals surface area contributed by atoms with Gasteiger partial charge in [-0.25, -0.2) is 13.1 Å². The minimum Gasteiger partial charge on any atom is -0.484 e. The minimum atomic E-state index is -4.57. The first kappa shape index (κ1) is 29.5. The summed E-state index contributed by atoms with van der Waals surface area (Å²) in [5.41, 5.74) is -0.253. The van der Waals surface area contributed by atoms with Crippen molar-refractivity contribution < 1.29 is 35.9 Å². The Morgan fingerprint density at radius 2 is 2.00 bits per heavy atom. The van der Waals surface area contributed by atoms with Gasteiger partial charge in [-0.2, -0.15) is 23.5 Å². The highest BCUT2D eigenvalue weighted by Crippen LogP contribution is 2.39. The van der Waals surface area contributed by atoms with Crippen LogP contribution in [0.2, 0.25) is 5.02 Å². The van der Waals surface area contributed by atoms with Crippen LogP contribution in [0, 0.1) is 18.3 Å². The Morgan fingerprint density at radius 3 is 2.61 bits per heavy atom. The van der Waals surface area contributed by atoms with E-state index in [4.69, 9.17) is 21.1 Å². The first-order chi connectivity index (χ1) is 19.3. The normalized spacial score (nSPS) is 22.8. The molecule has 10 nitrogen and oxygen atoms in total. The average molecular weight is 616 g/mol. The Morgan fingerprint density at radius 1 is 1.29 bits per heavy atom. The smallest absolute Gasteiger partial charge is 0.422 e. The molecule has 3 fully saturated rings. The van der Waals surface area contributed by atoms with Gasteiger partial charge in [0.05, 0.1) is 33.0 Å². The Bertz CT molecular complexity index is 1460. The van der Waals surface area contributed by atoms with Crippen molar-refractivity contribution >= 4 is 33.2 Å². The fourth-order valence-corrected chi connectivity index (χ4v) is 7.53. The summed E-state index contributed by atoms with van der Waals surface area (Å²) in [5.74, 6) is -0.0872. The first-order valence-corrected chi connectivity index (χ1v) is 15.1. The van der Waals surface area contributed by atoms with Crippen molar-refractivity contribution in [2.45, 2.75) is 73.0 Å². The molecule has 15 heteroatoms. The number of hydrogen-bond acceptors (Lipinski definition) is 8. The third-order valence-corrected chi connectivity index (χ3v) is 10.2. The second-order valence-electron chi connectivity index (χ2n) is 10.7. The van der Waals surface area contributed by atoms with Crippen LogP contribution >= 0.6 is 11.6 Å². The maximum Gasteiger partial charge on any atom is 0.422 e. The van der Waals surface area contributed by atoms with Gasteiger partial charge in [-0.15, -0.1) is 0 Å². The number of carbonyl (C=O) groups excluding carboxylic acids is 1. The molecule has 1 aromatic carbocycles. The van der Waals surface area contributed by atoms with Crippen molar-refractivity contribution in [3.8, 4) is 11.8 Å². The summed E-state index contributed by atoms with van der Waals surface area (Å²) in [5, 5.41) is 15.6. The SMILES string of the molecule is Cc1cc(N2C[C@H](S(=O)(=O)c3ccc(OCC(F)(F)F)cc3Cl)C[C@@H]2C(=O)NC2(C#N)CC2)n(C2CCOCC2)n1. The van der Waals surface area contributed by atoms with Crippen LogP contribution in [0.25, 0.3) is 0 Å². The van der Waals surface area contributed by atoms with Crippen LogP contribution in [0.1, 0.15) is 43.8 Å². The summed E-state index contributed by atoms with van der Waals surface area (Å²) in [4.78, 5) is 15.0. The van der Waals surface area contributed by atoms with Gasteiger partial charge in [0.15, 0.2) is 16.4 Å². The Hall–Kier alpha value is -3.02. The predicted octanol–water partition coefficient (Wildman–Crippen LogP) is 3.73. The van der Waals surface area contributed by atoms with Gasteiger partial charge < -0.3 is 19.7 Å². The topological polar surface area (TPSA) is 127 Å². The van der Waals surface area contributed by atoms with E-state index in [1.807, 2.05) is 17.7 Å². The van der Waals surface area contributed by atoms with Crippen LogP contribution in [0.4, 0.5) is 19.0 Å². The maximum atomic E-state index is 13.8. The molecule has 3 aliphatic rings. The second kappa shape index (κ2) is 11.0. The van der Waals surface area contributed by atoms with E-state index in [1.165, 1.54) is 0 Å². The number of amides is 1. The summed E-state index contributed by atoms with van der Waals surface area (Å²) in [6.45, 7) is 1.31. The van der Waals surface area contributed by atoms with Gasteiger partial charge in [0.25, 0.3) is 0 Å².